The van der Waals surface area contributed by atoms with Crippen molar-refractivity contribution in [1.82, 2.24) is 0 Å². The van der Waals surface area contributed by atoms with E-state index in [0.717, 1.165) is 12.1 Å². The molecular formula is C11H15NO2. The molecule has 0 unspecified atom stereocenters. The molecule has 0 aromatic heterocycles. The molecular weight excluding hydrogens is 178 g/mol. The van der Waals surface area contributed by atoms with Gasteiger partial charge in [0.15, 0.2) is 0 Å². The van der Waals surface area contributed by atoms with E-state index in [-0.39, 0.29) is 6.09 Å². The number of benzene rings is 1. The van der Waals surface area contributed by atoms with E-state index in [1.54, 1.807) is 4.90 Å². The highest BCUT2D eigenvalue weighted by atomic mass is 16.5. The maximum absolute atomic E-state index is 11.4. The highest BCUT2D eigenvalue weighted by Gasteiger charge is 2.13. The van der Waals surface area contributed by atoms with E-state index in [1.165, 1.54) is 7.11 Å². The molecule has 0 saturated heterocycles. The third kappa shape index (κ3) is 2.49. The zero-order valence-corrected chi connectivity index (χ0v) is 8.56. The Bertz CT molecular complexity index is 285. The molecule has 1 aromatic rings. The molecule has 1 rings (SSSR count). The van der Waals surface area contributed by atoms with Crippen molar-refractivity contribution in [2.75, 3.05) is 18.6 Å². The Balaban J connectivity index is 2.83. The van der Waals surface area contributed by atoms with Crippen LogP contribution in [-0.2, 0) is 4.74 Å². The van der Waals surface area contributed by atoms with Gasteiger partial charge in [0.1, 0.15) is 0 Å². The van der Waals surface area contributed by atoms with Crippen molar-refractivity contribution >= 4 is 11.8 Å². The zero-order valence-electron chi connectivity index (χ0n) is 8.56. The Hall–Kier alpha value is -1.51. The standard InChI is InChI=1S/C11H15NO2/c1-3-9-12(11(13)14-2)10-7-5-4-6-8-10/h4-8H,3,9H2,1-2H3. The van der Waals surface area contributed by atoms with E-state index >= 15 is 0 Å². The highest BCUT2D eigenvalue weighted by molar-refractivity contribution is 5.87. The molecule has 76 valence electrons. The normalized spacial score (nSPS) is 9.57. The number of para-hydroxylation sites is 1. The summed E-state index contributed by atoms with van der Waals surface area (Å²) in [5.74, 6) is 0. The van der Waals surface area contributed by atoms with Crippen molar-refractivity contribution in [3.05, 3.63) is 30.3 Å². The summed E-state index contributed by atoms with van der Waals surface area (Å²) in [4.78, 5) is 13.0. The average Bonchev–Trinajstić information content (AvgIpc) is 2.26. The van der Waals surface area contributed by atoms with Crippen LogP contribution in [-0.4, -0.2) is 19.7 Å². The minimum atomic E-state index is -0.307. The third-order valence-corrected chi connectivity index (χ3v) is 1.91. The van der Waals surface area contributed by atoms with Crippen molar-refractivity contribution in [2.45, 2.75) is 13.3 Å². The van der Waals surface area contributed by atoms with Gasteiger partial charge in [-0.05, 0) is 18.6 Å². The predicted molar refractivity (Wildman–Crippen MR) is 56.5 cm³/mol. The van der Waals surface area contributed by atoms with Gasteiger partial charge in [-0.15, -0.1) is 0 Å². The number of ether oxygens (including phenoxy) is 1. The van der Waals surface area contributed by atoms with Gasteiger partial charge in [0, 0.05) is 12.2 Å². The molecule has 0 aliphatic rings. The molecule has 0 bridgehead atoms. The van der Waals surface area contributed by atoms with Crippen LogP contribution in [0.4, 0.5) is 10.5 Å². The predicted octanol–water partition coefficient (Wildman–Crippen LogP) is 2.67. The second-order valence-electron chi connectivity index (χ2n) is 2.96. The summed E-state index contributed by atoms with van der Waals surface area (Å²) in [5.41, 5.74) is 0.876. The van der Waals surface area contributed by atoms with Crippen LogP contribution in [0.25, 0.3) is 0 Å². The van der Waals surface area contributed by atoms with Crippen LogP contribution in [0, 0.1) is 0 Å². The van der Waals surface area contributed by atoms with Crippen molar-refractivity contribution in [3.8, 4) is 0 Å². The van der Waals surface area contributed by atoms with Crippen LogP contribution in [0.15, 0.2) is 30.3 Å². The zero-order chi connectivity index (χ0) is 10.4. The van der Waals surface area contributed by atoms with Gasteiger partial charge in [-0.25, -0.2) is 4.79 Å². The third-order valence-electron chi connectivity index (χ3n) is 1.91. The summed E-state index contributed by atoms with van der Waals surface area (Å²) in [6.45, 7) is 2.70. The van der Waals surface area contributed by atoms with Crippen molar-refractivity contribution in [2.24, 2.45) is 0 Å². The fourth-order valence-corrected chi connectivity index (χ4v) is 1.27. The molecule has 0 atom stereocenters. The van der Waals surface area contributed by atoms with Gasteiger partial charge in [0.25, 0.3) is 0 Å². The molecule has 0 aliphatic heterocycles. The minimum absolute atomic E-state index is 0.307. The van der Waals surface area contributed by atoms with E-state index < -0.39 is 0 Å². The molecule has 0 spiro atoms. The van der Waals surface area contributed by atoms with Crippen molar-refractivity contribution in [1.29, 1.82) is 0 Å². The highest BCUT2D eigenvalue weighted by Crippen LogP contribution is 2.14. The number of anilines is 1. The van der Waals surface area contributed by atoms with Gasteiger partial charge in [0.05, 0.1) is 7.11 Å². The van der Waals surface area contributed by atoms with Crippen LogP contribution in [0.1, 0.15) is 13.3 Å². The summed E-state index contributed by atoms with van der Waals surface area (Å²) in [6, 6.07) is 9.52. The number of hydrogen-bond acceptors (Lipinski definition) is 2. The molecule has 0 saturated carbocycles. The lowest BCUT2D eigenvalue weighted by Crippen LogP contribution is -2.31. The summed E-state index contributed by atoms with van der Waals surface area (Å²) >= 11 is 0. The molecule has 1 amide bonds. The van der Waals surface area contributed by atoms with Crippen LogP contribution in [0.3, 0.4) is 0 Å². The molecule has 0 N–H and O–H groups in total. The number of carbonyl (C=O) groups excluding carboxylic acids is 1. The first-order valence-corrected chi connectivity index (χ1v) is 4.70. The van der Waals surface area contributed by atoms with Gasteiger partial charge in [-0.3, -0.25) is 4.90 Å². The van der Waals surface area contributed by atoms with Gasteiger partial charge in [-0.2, -0.15) is 0 Å². The smallest absolute Gasteiger partial charge is 0.413 e. The largest absolute Gasteiger partial charge is 0.452 e. The first-order chi connectivity index (χ1) is 6.79. The topological polar surface area (TPSA) is 29.5 Å². The lowest BCUT2D eigenvalue weighted by Gasteiger charge is -2.20. The average molecular weight is 193 g/mol. The van der Waals surface area contributed by atoms with Gasteiger partial charge in [-0.1, -0.05) is 25.1 Å². The lowest BCUT2D eigenvalue weighted by atomic mass is 10.3. The molecule has 3 nitrogen and oxygen atoms in total. The van der Waals surface area contributed by atoms with Crippen LogP contribution in [0.2, 0.25) is 0 Å². The minimum Gasteiger partial charge on any atom is -0.452 e. The monoisotopic (exact) mass is 193 g/mol. The summed E-state index contributed by atoms with van der Waals surface area (Å²) in [7, 11) is 1.40. The molecule has 3 heteroatoms. The van der Waals surface area contributed by atoms with E-state index in [9.17, 15) is 4.79 Å². The number of amides is 1. The number of hydrogen-bond donors (Lipinski definition) is 0. The van der Waals surface area contributed by atoms with Crippen molar-refractivity contribution < 1.29 is 9.53 Å². The summed E-state index contributed by atoms with van der Waals surface area (Å²) in [6.07, 6.45) is 0.599. The Morgan fingerprint density at radius 2 is 2.00 bits per heavy atom. The molecule has 0 radical (unpaired) electrons. The molecule has 14 heavy (non-hydrogen) atoms. The van der Waals surface area contributed by atoms with E-state index in [4.69, 9.17) is 4.74 Å². The van der Waals surface area contributed by atoms with E-state index in [1.807, 2.05) is 37.3 Å². The van der Waals surface area contributed by atoms with Crippen LogP contribution in [0.5, 0.6) is 0 Å². The first kappa shape index (κ1) is 10.6. The number of carbonyl (C=O) groups is 1. The first-order valence-electron chi connectivity index (χ1n) is 4.70. The second kappa shape index (κ2) is 5.27. The molecule has 0 fully saturated rings. The number of methoxy groups -OCH3 is 1. The Morgan fingerprint density at radius 3 is 2.50 bits per heavy atom. The Labute approximate surface area is 84.3 Å². The lowest BCUT2D eigenvalue weighted by molar-refractivity contribution is 0.178. The van der Waals surface area contributed by atoms with E-state index in [2.05, 4.69) is 0 Å². The van der Waals surface area contributed by atoms with E-state index in [0.29, 0.717) is 6.54 Å². The van der Waals surface area contributed by atoms with Gasteiger partial charge >= 0.3 is 6.09 Å². The maximum Gasteiger partial charge on any atom is 0.413 e. The van der Waals surface area contributed by atoms with Gasteiger partial charge < -0.3 is 4.74 Å². The molecule has 0 aliphatic carbocycles. The van der Waals surface area contributed by atoms with Crippen LogP contribution < -0.4 is 4.90 Å². The summed E-state index contributed by atoms with van der Waals surface area (Å²) in [5, 5.41) is 0. The fourth-order valence-electron chi connectivity index (χ4n) is 1.27. The van der Waals surface area contributed by atoms with Gasteiger partial charge in [0.2, 0.25) is 0 Å². The molecule has 0 heterocycles. The Morgan fingerprint density at radius 1 is 1.36 bits per heavy atom. The quantitative estimate of drug-likeness (QED) is 0.738. The number of rotatable bonds is 3. The maximum atomic E-state index is 11.4. The molecule has 1 aromatic carbocycles. The summed E-state index contributed by atoms with van der Waals surface area (Å²) < 4.78 is 4.71. The fraction of sp³-hybridized carbons (Fsp3) is 0.364. The van der Waals surface area contributed by atoms with Crippen molar-refractivity contribution in [3.63, 3.8) is 0 Å². The number of nitrogens with zero attached hydrogens (tertiary/aromatic N) is 1. The SMILES string of the molecule is CCCN(C(=O)OC)c1ccccc1. The van der Waals surface area contributed by atoms with Crippen LogP contribution >= 0.6 is 0 Å². The Kier molecular flexibility index (Phi) is 3.98. The second-order valence-corrected chi connectivity index (χ2v) is 2.96.